The second-order valence-electron chi connectivity index (χ2n) is 4.92. The van der Waals surface area contributed by atoms with Gasteiger partial charge < -0.3 is 24.4 Å². The molecule has 1 N–H and O–H groups in total. The van der Waals surface area contributed by atoms with Gasteiger partial charge in [0.15, 0.2) is 0 Å². The molecule has 1 aromatic rings. The van der Waals surface area contributed by atoms with Gasteiger partial charge in [0, 0.05) is 45.7 Å². The maximum atomic E-state index is 12.0. The molecule has 2 amide bonds. The largest absolute Gasteiger partial charge is 0.495 e. The van der Waals surface area contributed by atoms with Crippen molar-refractivity contribution in [3.8, 4) is 11.5 Å². The van der Waals surface area contributed by atoms with Crippen molar-refractivity contribution in [1.29, 1.82) is 0 Å². The summed E-state index contributed by atoms with van der Waals surface area (Å²) in [6, 6.07) is 3.19. The van der Waals surface area contributed by atoms with Crippen molar-refractivity contribution < 1.29 is 23.8 Å². The minimum atomic E-state index is -0.220. The van der Waals surface area contributed by atoms with Gasteiger partial charge in [-0.2, -0.15) is 0 Å². The molecule has 8 heteroatoms. The fourth-order valence-corrected chi connectivity index (χ4v) is 2.33. The standard InChI is InChI=1S/C16H23ClN2O5/c1-11(20)19(7-5-16(21)18-6-8-22-2)13-10-14(23-3)12(17)9-15(13)24-4/h9-10H,5-8H2,1-4H3,(H,18,21). The Bertz CT molecular complexity index is 580. The first-order chi connectivity index (χ1) is 11.4. The Balaban J connectivity index is 2.92. The van der Waals surface area contributed by atoms with Gasteiger partial charge in [0.25, 0.3) is 0 Å². The summed E-state index contributed by atoms with van der Waals surface area (Å²) in [6.45, 7) is 2.48. The smallest absolute Gasteiger partial charge is 0.223 e. The topological polar surface area (TPSA) is 77.1 Å². The number of amides is 2. The van der Waals surface area contributed by atoms with Gasteiger partial charge in [-0.25, -0.2) is 0 Å². The predicted octanol–water partition coefficient (Wildman–Crippen LogP) is 1.86. The average Bonchev–Trinajstić information content (AvgIpc) is 2.55. The van der Waals surface area contributed by atoms with Gasteiger partial charge in [-0.05, 0) is 0 Å². The minimum Gasteiger partial charge on any atom is -0.495 e. The van der Waals surface area contributed by atoms with Crippen LogP contribution in [0.2, 0.25) is 5.02 Å². The van der Waals surface area contributed by atoms with Gasteiger partial charge in [0.1, 0.15) is 11.5 Å². The van der Waals surface area contributed by atoms with E-state index in [9.17, 15) is 9.59 Å². The first kappa shape index (κ1) is 20.1. The Kier molecular flexibility index (Phi) is 8.35. The lowest BCUT2D eigenvalue weighted by Crippen LogP contribution is -2.35. The van der Waals surface area contributed by atoms with Crippen LogP contribution in [-0.4, -0.2) is 52.8 Å². The van der Waals surface area contributed by atoms with Crippen LogP contribution >= 0.6 is 11.6 Å². The molecule has 134 valence electrons. The van der Waals surface area contributed by atoms with Crippen molar-refractivity contribution >= 4 is 29.1 Å². The number of halogens is 1. The highest BCUT2D eigenvalue weighted by Crippen LogP contribution is 2.38. The van der Waals surface area contributed by atoms with E-state index in [0.717, 1.165) is 0 Å². The van der Waals surface area contributed by atoms with E-state index in [1.165, 1.54) is 26.0 Å². The predicted molar refractivity (Wildman–Crippen MR) is 92.1 cm³/mol. The molecule has 0 unspecified atom stereocenters. The first-order valence-corrected chi connectivity index (χ1v) is 7.77. The quantitative estimate of drug-likeness (QED) is 0.682. The third-order valence-corrected chi connectivity index (χ3v) is 3.61. The van der Waals surface area contributed by atoms with Gasteiger partial charge in [-0.1, -0.05) is 11.6 Å². The number of methoxy groups -OCH3 is 3. The highest BCUT2D eigenvalue weighted by molar-refractivity contribution is 6.32. The fraction of sp³-hybridized carbons (Fsp3) is 0.500. The van der Waals surface area contributed by atoms with Crippen LogP contribution in [0, 0.1) is 0 Å². The fourth-order valence-electron chi connectivity index (χ4n) is 2.10. The molecular weight excluding hydrogens is 336 g/mol. The van der Waals surface area contributed by atoms with E-state index < -0.39 is 0 Å². The maximum Gasteiger partial charge on any atom is 0.223 e. The number of benzene rings is 1. The van der Waals surface area contributed by atoms with Crippen LogP contribution in [0.25, 0.3) is 0 Å². The summed E-state index contributed by atoms with van der Waals surface area (Å²) in [5.41, 5.74) is 0.496. The van der Waals surface area contributed by atoms with Crippen molar-refractivity contribution in [3.63, 3.8) is 0 Å². The molecule has 0 heterocycles. The summed E-state index contributed by atoms with van der Waals surface area (Å²) >= 11 is 6.08. The van der Waals surface area contributed by atoms with Crippen molar-refractivity contribution in [2.24, 2.45) is 0 Å². The number of hydrogen-bond acceptors (Lipinski definition) is 5. The zero-order chi connectivity index (χ0) is 18.1. The number of carbonyl (C=O) groups excluding carboxylic acids is 2. The van der Waals surface area contributed by atoms with E-state index in [2.05, 4.69) is 5.32 Å². The third-order valence-electron chi connectivity index (χ3n) is 3.32. The second kappa shape index (κ2) is 10.00. The van der Waals surface area contributed by atoms with Crippen molar-refractivity contribution in [1.82, 2.24) is 5.32 Å². The van der Waals surface area contributed by atoms with Crippen molar-refractivity contribution in [2.45, 2.75) is 13.3 Å². The molecule has 24 heavy (non-hydrogen) atoms. The van der Waals surface area contributed by atoms with E-state index in [0.29, 0.717) is 35.4 Å². The SMILES string of the molecule is COCCNC(=O)CCN(C(C)=O)c1cc(OC)c(Cl)cc1OC. The average molecular weight is 359 g/mol. The number of ether oxygens (including phenoxy) is 3. The molecule has 1 rings (SSSR count). The molecule has 0 saturated heterocycles. The van der Waals surface area contributed by atoms with Gasteiger partial charge in [-0.15, -0.1) is 0 Å². The van der Waals surface area contributed by atoms with Crippen molar-refractivity contribution in [3.05, 3.63) is 17.2 Å². The summed E-state index contributed by atoms with van der Waals surface area (Å²) in [4.78, 5) is 25.3. The normalized spacial score (nSPS) is 10.2. The molecule has 0 atom stereocenters. The Hall–Kier alpha value is -1.99. The highest BCUT2D eigenvalue weighted by atomic mass is 35.5. The van der Waals surface area contributed by atoms with Crippen LogP contribution in [-0.2, 0) is 14.3 Å². The van der Waals surface area contributed by atoms with Crippen LogP contribution in [0.15, 0.2) is 12.1 Å². The third kappa shape index (κ3) is 5.58. The van der Waals surface area contributed by atoms with E-state index in [-0.39, 0.29) is 24.8 Å². The number of rotatable bonds is 9. The minimum absolute atomic E-state index is 0.150. The van der Waals surface area contributed by atoms with Crippen LogP contribution < -0.4 is 19.7 Å². The van der Waals surface area contributed by atoms with E-state index in [4.69, 9.17) is 25.8 Å². The molecule has 0 saturated carbocycles. The van der Waals surface area contributed by atoms with Crippen LogP contribution in [0.1, 0.15) is 13.3 Å². The van der Waals surface area contributed by atoms with E-state index in [1.54, 1.807) is 19.2 Å². The molecule has 0 bridgehead atoms. The lowest BCUT2D eigenvalue weighted by molar-refractivity contribution is -0.121. The van der Waals surface area contributed by atoms with Gasteiger partial charge in [0.2, 0.25) is 11.8 Å². The van der Waals surface area contributed by atoms with Crippen LogP contribution in [0.4, 0.5) is 5.69 Å². The van der Waals surface area contributed by atoms with Gasteiger partial charge in [-0.3, -0.25) is 9.59 Å². The van der Waals surface area contributed by atoms with Crippen molar-refractivity contribution in [2.75, 3.05) is 45.9 Å². The van der Waals surface area contributed by atoms with E-state index >= 15 is 0 Å². The molecule has 1 aromatic carbocycles. The van der Waals surface area contributed by atoms with Crippen LogP contribution in [0.5, 0.6) is 11.5 Å². The number of hydrogen-bond donors (Lipinski definition) is 1. The number of carbonyl (C=O) groups is 2. The summed E-state index contributed by atoms with van der Waals surface area (Å²) in [5, 5.41) is 3.08. The Labute approximate surface area is 146 Å². The van der Waals surface area contributed by atoms with Gasteiger partial charge in [0.05, 0.1) is 31.5 Å². The van der Waals surface area contributed by atoms with Gasteiger partial charge >= 0.3 is 0 Å². The molecule has 0 fully saturated rings. The summed E-state index contributed by atoms with van der Waals surface area (Å²) in [7, 11) is 4.53. The second-order valence-corrected chi connectivity index (χ2v) is 5.33. The lowest BCUT2D eigenvalue weighted by atomic mass is 10.2. The molecule has 0 aliphatic rings. The molecule has 7 nitrogen and oxygen atoms in total. The molecule has 0 aromatic heterocycles. The Morgan fingerprint density at radius 3 is 2.38 bits per heavy atom. The highest BCUT2D eigenvalue weighted by Gasteiger charge is 2.20. The molecule has 0 spiro atoms. The zero-order valence-corrected chi connectivity index (χ0v) is 15.1. The first-order valence-electron chi connectivity index (χ1n) is 7.39. The lowest BCUT2D eigenvalue weighted by Gasteiger charge is -2.24. The number of nitrogens with one attached hydrogen (secondary N) is 1. The summed E-state index contributed by atoms with van der Waals surface area (Å²) < 4.78 is 15.3. The summed E-state index contributed by atoms with van der Waals surface area (Å²) in [6.07, 6.45) is 0.150. The summed E-state index contributed by atoms with van der Waals surface area (Å²) in [5.74, 6) is 0.458. The zero-order valence-electron chi connectivity index (χ0n) is 14.3. The maximum absolute atomic E-state index is 12.0. The molecule has 0 aliphatic carbocycles. The number of nitrogens with zero attached hydrogens (tertiary/aromatic N) is 1. The van der Waals surface area contributed by atoms with E-state index in [1.807, 2.05) is 0 Å². The molecular formula is C16H23ClN2O5. The van der Waals surface area contributed by atoms with Crippen LogP contribution in [0.3, 0.4) is 0 Å². The molecule has 0 aliphatic heterocycles. The molecule has 0 radical (unpaired) electrons. The number of anilines is 1. The monoisotopic (exact) mass is 358 g/mol. The Morgan fingerprint density at radius 2 is 1.83 bits per heavy atom. The Morgan fingerprint density at radius 1 is 1.17 bits per heavy atom.